The van der Waals surface area contributed by atoms with E-state index in [0.717, 1.165) is 16.8 Å². The van der Waals surface area contributed by atoms with Crippen molar-refractivity contribution in [3.8, 4) is 6.07 Å². The fourth-order valence-electron chi connectivity index (χ4n) is 3.15. The van der Waals surface area contributed by atoms with E-state index >= 15 is 0 Å². The number of nitrogens with zero attached hydrogens (tertiary/aromatic N) is 2. The van der Waals surface area contributed by atoms with Crippen LogP contribution in [-0.4, -0.2) is 10.2 Å². The van der Waals surface area contributed by atoms with Gasteiger partial charge < -0.3 is 4.40 Å². The van der Waals surface area contributed by atoms with Crippen LogP contribution in [-0.2, 0) is 0 Å². The minimum atomic E-state index is -0.104. The molecular formula is C24H16N2O. The summed E-state index contributed by atoms with van der Waals surface area (Å²) in [5, 5.41) is 9.51. The smallest absolute Gasteiger partial charge is 0.209 e. The van der Waals surface area contributed by atoms with Crippen molar-refractivity contribution in [1.82, 2.24) is 4.40 Å². The van der Waals surface area contributed by atoms with Crippen LogP contribution in [0.1, 0.15) is 32.9 Å². The Balaban J connectivity index is 1.88. The molecule has 0 unspecified atom stereocenters. The maximum absolute atomic E-state index is 13.1. The Kier molecular flexibility index (Phi) is 4.38. The maximum Gasteiger partial charge on any atom is 0.209 e. The topological polar surface area (TPSA) is 45.3 Å². The molecule has 3 nitrogen and oxygen atoms in total. The molecule has 0 saturated heterocycles. The molecule has 4 aromatic rings. The number of ketones is 1. The SMILES string of the molecule is N#Cc1cc(C(=O)c2ccccc2)n2c(/C=C/c3ccccc3)cccc12. The average Bonchev–Trinajstić information content (AvgIpc) is 3.12. The minimum absolute atomic E-state index is 0.104. The average molecular weight is 348 g/mol. The van der Waals surface area contributed by atoms with Crippen LogP contribution in [0.15, 0.2) is 84.9 Å². The predicted octanol–water partition coefficient (Wildman–Crippen LogP) is 5.21. The van der Waals surface area contributed by atoms with Crippen molar-refractivity contribution < 1.29 is 4.79 Å². The second-order valence-corrected chi connectivity index (χ2v) is 6.17. The lowest BCUT2D eigenvalue weighted by Crippen LogP contribution is -2.06. The zero-order valence-electron chi connectivity index (χ0n) is 14.5. The molecule has 4 rings (SSSR count). The van der Waals surface area contributed by atoms with Gasteiger partial charge in [0, 0.05) is 11.3 Å². The lowest BCUT2D eigenvalue weighted by atomic mass is 10.1. The Morgan fingerprint density at radius 2 is 1.56 bits per heavy atom. The first-order valence-electron chi connectivity index (χ1n) is 8.65. The van der Waals surface area contributed by atoms with E-state index in [1.807, 2.05) is 83.3 Å². The third kappa shape index (κ3) is 3.17. The summed E-state index contributed by atoms with van der Waals surface area (Å²) in [5.74, 6) is -0.104. The lowest BCUT2D eigenvalue weighted by molar-refractivity contribution is 0.103. The summed E-state index contributed by atoms with van der Waals surface area (Å²) in [6.07, 6.45) is 3.96. The number of nitriles is 1. The number of carbonyl (C=O) groups is 1. The monoisotopic (exact) mass is 348 g/mol. The third-order valence-corrected chi connectivity index (χ3v) is 4.45. The molecular weight excluding hydrogens is 332 g/mol. The summed E-state index contributed by atoms with van der Waals surface area (Å²) in [6, 6.07) is 28.7. The number of aromatic nitrogens is 1. The number of rotatable bonds is 4. The summed E-state index contributed by atoms with van der Waals surface area (Å²) in [5.41, 5.74) is 4.22. The van der Waals surface area contributed by atoms with Crippen molar-refractivity contribution in [2.45, 2.75) is 0 Å². The number of pyridine rings is 1. The standard InChI is InChI=1S/C24H16N2O/c25-17-20-16-23(24(27)19-10-5-2-6-11-19)26-21(12-7-13-22(20)26)15-14-18-8-3-1-4-9-18/h1-16H/b15-14+. The molecule has 0 N–H and O–H groups in total. The summed E-state index contributed by atoms with van der Waals surface area (Å²) in [4.78, 5) is 13.1. The quantitative estimate of drug-likeness (QED) is 0.475. The van der Waals surface area contributed by atoms with Crippen LogP contribution < -0.4 is 0 Å². The van der Waals surface area contributed by atoms with Gasteiger partial charge in [0.25, 0.3) is 0 Å². The normalized spacial score (nSPS) is 10.9. The van der Waals surface area contributed by atoms with Crippen molar-refractivity contribution in [1.29, 1.82) is 5.26 Å². The highest BCUT2D eigenvalue weighted by molar-refractivity contribution is 6.09. The van der Waals surface area contributed by atoms with Crippen LogP contribution in [0.2, 0.25) is 0 Å². The first kappa shape index (κ1) is 16.6. The Hall–Kier alpha value is -3.90. The van der Waals surface area contributed by atoms with E-state index in [4.69, 9.17) is 0 Å². The van der Waals surface area contributed by atoms with E-state index in [1.54, 1.807) is 18.2 Å². The fourth-order valence-corrected chi connectivity index (χ4v) is 3.15. The van der Waals surface area contributed by atoms with Crippen molar-refractivity contribution in [2.75, 3.05) is 0 Å². The van der Waals surface area contributed by atoms with Gasteiger partial charge in [0.15, 0.2) is 0 Å². The molecule has 0 spiro atoms. The van der Waals surface area contributed by atoms with Crippen LogP contribution in [0.5, 0.6) is 0 Å². The van der Waals surface area contributed by atoms with Gasteiger partial charge in [-0.1, -0.05) is 72.8 Å². The second-order valence-electron chi connectivity index (χ2n) is 6.17. The van der Waals surface area contributed by atoms with Gasteiger partial charge in [-0.2, -0.15) is 5.26 Å². The van der Waals surface area contributed by atoms with Crippen LogP contribution in [0, 0.1) is 11.3 Å². The highest BCUT2D eigenvalue weighted by atomic mass is 16.1. The molecule has 0 aliphatic heterocycles. The highest BCUT2D eigenvalue weighted by Gasteiger charge is 2.18. The zero-order valence-corrected chi connectivity index (χ0v) is 14.5. The molecule has 2 aromatic heterocycles. The van der Waals surface area contributed by atoms with E-state index < -0.39 is 0 Å². The molecule has 2 aromatic carbocycles. The van der Waals surface area contributed by atoms with Gasteiger partial charge in [0.05, 0.1) is 16.8 Å². The molecule has 3 heteroatoms. The van der Waals surface area contributed by atoms with E-state index in [-0.39, 0.29) is 5.78 Å². The number of hydrogen-bond acceptors (Lipinski definition) is 2. The van der Waals surface area contributed by atoms with Gasteiger partial charge in [-0.25, -0.2) is 0 Å². The molecule has 27 heavy (non-hydrogen) atoms. The predicted molar refractivity (Wildman–Crippen MR) is 107 cm³/mol. The molecule has 0 saturated carbocycles. The Morgan fingerprint density at radius 1 is 0.852 bits per heavy atom. The van der Waals surface area contributed by atoms with Gasteiger partial charge in [-0.15, -0.1) is 0 Å². The summed E-state index contributed by atoms with van der Waals surface area (Å²) in [6.45, 7) is 0. The van der Waals surface area contributed by atoms with E-state index in [2.05, 4.69) is 6.07 Å². The van der Waals surface area contributed by atoms with Crippen LogP contribution in [0.4, 0.5) is 0 Å². The first-order valence-corrected chi connectivity index (χ1v) is 8.65. The number of hydrogen-bond donors (Lipinski definition) is 0. The molecule has 0 fully saturated rings. The van der Waals surface area contributed by atoms with Crippen molar-refractivity contribution in [3.05, 3.63) is 113 Å². The molecule has 0 atom stereocenters. The van der Waals surface area contributed by atoms with Crippen molar-refractivity contribution in [3.63, 3.8) is 0 Å². The molecule has 2 heterocycles. The summed E-state index contributed by atoms with van der Waals surface area (Å²) < 4.78 is 1.85. The largest absolute Gasteiger partial charge is 0.305 e. The molecule has 128 valence electrons. The molecule has 0 aliphatic carbocycles. The zero-order chi connectivity index (χ0) is 18.6. The van der Waals surface area contributed by atoms with Gasteiger partial charge >= 0.3 is 0 Å². The van der Waals surface area contributed by atoms with Gasteiger partial charge in [-0.3, -0.25) is 4.79 Å². The molecule has 0 amide bonds. The third-order valence-electron chi connectivity index (χ3n) is 4.45. The van der Waals surface area contributed by atoms with Crippen LogP contribution in [0.3, 0.4) is 0 Å². The Labute approximate surface area is 157 Å². The maximum atomic E-state index is 13.1. The van der Waals surface area contributed by atoms with Gasteiger partial charge in [-0.05, 0) is 29.8 Å². The van der Waals surface area contributed by atoms with E-state index in [1.165, 1.54) is 0 Å². The van der Waals surface area contributed by atoms with Gasteiger partial charge in [0.1, 0.15) is 6.07 Å². The lowest BCUT2D eigenvalue weighted by Gasteiger charge is -2.07. The van der Waals surface area contributed by atoms with Crippen LogP contribution in [0.25, 0.3) is 17.7 Å². The summed E-state index contributed by atoms with van der Waals surface area (Å²) >= 11 is 0. The van der Waals surface area contributed by atoms with E-state index in [9.17, 15) is 10.1 Å². The van der Waals surface area contributed by atoms with E-state index in [0.29, 0.717) is 16.8 Å². The first-order chi connectivity index (χ1) is 13.3. The number of carbonyl (C=O) groups excluding carboxylic acids is 1. The molecule has 0 bridgehead atoms. The van der Waals surface area contributed by atoms with Crippen molar-refractivity contribution in [2.24, 2.45) is 0 Å². The number of fused-ring (bicyclic) bond motifs is 1. The minimum Gasteiger partial charge on any atom is -0.305 e. The summed E-state index contributed by atoms with van der Waals surface area (Å²) in [7, 11) is 0. The highest BCUT2D eigenvalue weighted by Crippen LogP contribution is 2.23. The van der Waals surface area contributed by atoms with Crippen LogP contribution >= 0.6 is 0 Å². The fraction of sp³-hybridized carbons (Fsp3) is 0. The van der Waals surface area contributed by atoms with Crippen molar-refractivity contribution >= 4 is 23.5 Å². The Morgan fingerprint density at radius 3 is 2.26 bits per heavy atom. The van der Waals surface area contributed by atoms with Gasteiger partial charge in [0.2, 0.25) is 5.78 Å². The number of benzene rings is 2. The Bertz CT molecular complexity index is 1180. The second kappa shape index (κ2) is 7.15. The molecule has 0 aliphatic rings. The molecule has 0 radical (unpaired) electrons.